The van der Waals surface area contributed by atoms with E-state index in [0.717, 1.165) is 0 Å². The Bertz CT molecular complexity index is 635. The van der Waals surface area contributed by atoms with Crippen molar-refractivity contribution in [2.24, 2.45) is 17.2 Å². The highest BCUT2D eigenvalue weighted by atomic mass is 16.7. The second kappa shape index (κ2) is 11.0. The Labute approximate surface area is 191 Å². The van der Waals surface area contributed by atoms with Crippen LogP contribution in [0.4, 0.5) is 0 Å². The first-order valence-corrected chi connectivity index (χ1v) is 11.1. The third-order valence-corrected chi connectivity index (χ3v) is 6.63. The van der Waals surface area contributed by atoms with Gasteiger partial charge in [0.05, 0.1) is 30.9 Å². The molecule has 0 amide bonds. The highest BCUT2D eigenvalue weighted by molar-refractivity contribution is 5.01. The average molecular weight is 483 g/mol. The monoisotopic (exact) mass is 482 g/mol. The van der Waals surface area contributed by atoms with E-state index in [9.17, 15) is 30.6 Å². The summed E-state index contributed by atoms with van der Waals surface area (Å²) in [6.07, 6.45) is -13.3. The van der Waals surface area contributed by atoms with Crippen LogP contribution in [0.5, 0.6) is 0 Å². The van der Waals surface area contributed by atoms with Crippen LogP contribution in [0.1, 0.15) is 13.3 Å². The third kappa shape index (κ3) is 5.49. The number of nitrogens with two attached hydrogens (primary N) is 3. The normalized spacial score (nSPS) is 52.5. The molecule has 1 saturated carbocycles. The van der Waals surface area contributed by atoms with Gasteiger partial charge >= 0.3 is 0 Å². The average Bonchev–Trinajstić information content (AvgIpc) is 2.75. The van der Waals surface area contributed by atoms with Crippen LogP contribution in [0.3, 0.4) is 0 Å². The topological polar surface area (TPSA) is 248 Å². The number of ether oxygens (including phenoxy) is 4. The molecule has 33 heavy (non-hydrogen) atoms. The van der Waals surface area contributed by atoms with Gasteiger partial charge in [-0.05, 0) is 20.4 Å². The molecular weight excluding hydrogens is 444 g/mol. The molecule has 0 bridgehead atoms. The number of aliphatic hydroxyl groups is 6. The lowest BCUT2D eigenvalue weighted by Gasteiger charge is -2.48. The minimum atomic E-state index is -1.45. The van der Waals surface area contributed by atoms with Crippen molar-refractivity contribution in [2.75, 3.05) is 13.7 Å². The van der Waals surface area contributed by atoms with Crippen molar-refractivity contribution in [3.05, 3.63) is 0 Å². The minimum Gasteiger partial charge on any atom is -0.391 e. The molecule has 0 spiro atoms. The fourth-order valence-electron chi connectivity index (χ4n) is 4.66. The van der Waals surface area contributed by atoms with E-state index in [-0.39, 0.29) is 13.0 Å². The van der Waals surface area contributed by atoms with Gasteiger partial charge < -0.3 is 72.1 Å². The molecule has 14 nitrogen and oxygen atoms in total. The number of aliphatic hydroxyl groups excluding tert-OH is 6. The van der Waals surface area contributed by atoms with E-state index in [1.54, 1.807) is 7.05 Å². The van der Waals surface area contributed by atoms with E-state index in [1.165, 1.54) is 6.92 Å². The first kappa shape index (κ1) is 27.0. The molecule has 0 aromatic heterocycles. The molecule has 0 aromatic carbocycles. The van der Waals surface area contributed by atoms with Crippen LogP contribution in [0.2, 0.25) is 0 Å². The van der Waals surface area contributed by atoms with E-state index >= 15 is 0 Å². The zero-order chi connectivity index (χ0) is 24.6. The number of hydrogen-bond acceptors (Lipinski definition) is 14. The molecule has 2 heterocycles. The second-order valence-corrected chi connectivity index (χ2v) is 9.10. The molecule has 15 unspecified atom stereocenters. The summed E-state index contributed by atoms with van der Waals surface area (Å²) in [5.41, 5.74) is 18.3. The Morgan fingerprint density at radius 3 is 2.00 bits per heavy atom. The molecule has 13 N–H and O–H groups in total. The zero-order valence-corrected chi connectivity index (χ0v) is 18.6. The van der Waals surface area contributed by atoms with Crippen LogP contribution < -0.4 is 22.5 Å². The van der Waals surface area contributed by atoms with E-state index in [0.29, 0.717) is 0 Å². The molecule has 3 aliphatic rings. The van der Waals surface area contributed by atoms with Gasteiger partial charge in [-0.3, -0.25) is 0 Å². The van der Waals surface area contributed by atoms with Gasteiger partial charge in [-0.25, -0.2) is 0 Å². The van der Waals surface area contributed by atoms with Crippen molar-refractivity contribution in [3.8, 4) is 0 Å². The minimum absolute atomic E-state index is 0.101. The van der Waals surface area contributed by atoms with Crippen molar-refractivity contribution in [1.82, 2.24) is 5.32 Å². The lowest BCUT2D eigenvalue weighted by molar-refractivity contribution is -0.315. The maximum absolute atomic E-state index is 11.0. The molecule has 3 fully saturated rings. The predicted octanol–water partition coefficient (Wildman–Crippen LogP) is -6.00. The molecular formula is C19H38N4O10. The summed E-state index contributed by atoms with van der Waals surface area (Å²) in [6.45, 7) is 1.28. The van der Waals surface area contributed by atoms with Gasteiger partial charge in [0.25, 0.3) is 0 Å². The number of rotatable bonds is 6. The van der Waals surface area contributed by atoms with Crippen LogP contribution >= 0.6 is 0 Å². The van der Waals surface area contributed by atoms with Crippen LogP contribution in [0.25, 0.3) is 0 Å². The Morgan fingerprint density at radius 1 is 0.879 bits per heavy atom. The number of hydrogen-bond donors (Lipinski definition) is 10. The summed E-state index contributed by atoms with van der Waals surface area (Å²) in [4.78, 5) is 0. The summed E-state index contributed by atoms with van der Waals surface area (Å²) in [5.74, 6) is 0. The SMILES string of the molecule is CNC1C(O)COC(OC2C(N)CC(N)C(OC3OC(C(C)O)C(O)C(O)C3N)C2O)C1O. The molecule has 15 atom stereocenters. The summed E-state index contributed by atoms with van der Waals surface area (Å²) in [6, 6.07) is -3.40. The van der Waals surface area contributed by atoms with Crippen molar-refractivity contribution >= 4 is 0 Å². The van der Waals surface area contributed by atoms with Crippen molar-refractivity contribution in [1.29, 1.82) is 0 Å². The maximum Gasteiger partial charge on any atom is 0.185 e. The maximum atomic E-state index is 11.0. The van der Waals surface area contributed by atoms with Gasteiger partial charge in [0.15, 0.2) is 12.6 Å². The highest BCUT2D eigenvalue weighted by Gasteiger charge is 2.51. The van der Waals surface area contributed by atoms with Crippen molar-refractivity contribution in [3.63, 3.8) is 0 Å². The molecule has 194 valence electrons. The van der Waals surface area contributed by atoms with Gasteiger partial charge in [0.2, 0.25) is 0 Å². The van der Waals surface area contributed by atoms with Crippen LogP contribution in [0, 0.1) is 0 Å². The van der Waals surface area contributed by atoms with E-state index in [4.69, 9.17) is 36.1 Å². The van der Waals surface area contributed by atoms with Crippen LogP contribution in [-0.2, 0) is 18.9 Å². The van der Waals surface area contributed by atoms with Gasteiger partial charge in [0, 0.05) is 12.1 Å². The molecule has 3 rings (SSSR count). The standard InChI is InChI=1S/C19H38N4O10/c1-5(24)15-13(28)11(26)9(22)18(31-15)32-16-6(20)3-7(21)17(14(16)29)33-19-12(27)10(23-2)8(25)4-30-19/h5-19,23-29H,3-4,20-22H2,1-2H3. The lowest BCUT2D eigenvalue weighted by atomic mass is 9.84. The van der Waals surface area contributed by atoms with E-state index < -0.39 is 91.7 Å². The molecule has 0 radical (unpaired) electrons. The van der Waals surface area contributed by atoms with Crippen molar-refractivity contribution < 1.29 is 49.6 Å². The van der Waals surface area contributed by atoms with Gasteiger partial charge in [-0.1, -0.05) is 0 Å². The number of nitrogens with one attached hydrogen (secondary N) is 1. The first-order valence-electron chi connectivity index (χ1n) is 11.1. The Hall–Kier alpha value is -0.560. The predicted molar refractivity (Wildman–Crippen MR) is 111 cm³/mol. The summed E-state index contributed by atoms with van der Waals surface area (Å²) in [5, 5.41) is 64.5. The fourth-order valence-corrected chi connectivity index (χ4v) is 4.66. The summed E-state index contributed by atoms with van der Waals surface area (Å²) < 4.78 is 22.6. The molecule has 0 aromatic rings. The Morgan fingerprint density at radius 2 is 1.45 bits per heavy atom. The molecule has 2 saturated heterocycles. The first-order chi connectivity index (χ1) is 15.5. The van der Waals surface area contributed by atoms with E-state index in [1.807, 2.05) is 0 Å². The molecule has 14 heteroatoms. The van der Waals surface area contributed by atoms with Gasteiger partial charge in [0.1, 0.15) is 42.7 Å². The van der Waals surface area contributed by atoms with Crippen molar-refractivity contribution in [2.45, 2.75) is 105 Å². The van der Waals surface area contributed by atoms with Crippen LogP contribution in [0.15, 0.2) is 0 Å². The van der Waals surface area contributed by atoms with E-state index in [2.05, 4.69) is 5.32 Å². The third-order valence-electron chi connectivity index (χ3n) is 6.63. The number of likely N-dealkylation sites (N-methyl/N-ethyl adjacent to an activating group) is 1. The van der Waals surface area contributed by atoms with Crippen LogP contribution in [-0.4, -0.2) is 136 Å². The fraction of sp³-hybridized carbons (Fsp3) is 1.00. The Kier molecular flexibility index (Phi) is 9.02. The lowest BCUT2D eigenvalue weighted by Crippen LogP contribution is -2.69. The molecule has 2 aliphatic heterocycles. The zero-order valence-electron chi connectivity index (χ0n) is 18.6. The summed E-state index contributed by atoms with van der Waals surface area (Å²) in [7, 11) is 1.57. The Balaban J connectivity index is 1.71. The summed E-state index contributed by atoms with van der Waals surface area (Å²) >= 11 is 0. The second-order valence-electron chi connectivity index (χ2n) is 9.10. The quantitative estimate of drug-likeness (QED) is 0.169. The molecule has 1 aliphatic carbocycles. The van der Waals surface area contributed by atoms with Gasteiger partial charge in [-0.2, -0.15) is 0 Å². The highest BCUT2D eigenvalue weighted by Crippen LogP contribution is 2.30. The van der Waals surface area contributed by atoms with Gasteiger partial charge in [-0.15, -0.1) is 0 Å². The smallest absolute Gasteiger partial charge is 0.185 e. The largest absolute Gasteiger partial charge is 0.391 e.